The predicted molar refractivity (Wildman–Crippen MR) is 322 cm³/mol. The summed E-state index contributed by atoms with van der Waals surface area (Å²) in [7, 11) is 0. The van der Waals surface area contributed by atoms with Gasteiger partial charge in [-0.25, -0.2) is 0 Å². The van der Waals surface area contributed by atoms with E-state index in [2.05, 4.69) is 282 Å². The summed E-state index contributed by atoms with van der Waals surface area (Å²) in [4.78, 5) is 7.68. The van der Waals surface area contributed by atoms with Crippen molar-refractivity contribution in [2.45, 2.75) is 131 Å². The van der Waals surface area contributed by atoms with Crippen molar-refractivity contribution in [3.8, 4) is 0 Å². The normalized spacial score (nSPS) is 13.9. The van der Waals surface area contributed by atoms with Gasteiger partial charge in [-0.3, -0.25) is 0 Å². The molecule has 368 valence electrons. The molecule has 0 bridgehead atoms. The Morgan fingerprint density at radius 2 is 0.795 bits per heavy atom. The molecule has 0 unspecified atom stereocenters. The molecule has 2 aliphatic rings. The van der Waals surface area contributed by atoms with Crippen LogP contribution in [0.25, 0.3) is 20.2 Å². The Morgan fingerprint density at radius 3 is 1.29 bits per heavy atom. The summed E-state index contributed by atoms with van der Waals surface area (Å²) in [5.41, 5.74) is 21.3. The lowest BCUT2D eigenvalue weighted by atomic mass is 9.33. The highest BCUT2D eigenvalue weighted by molar-refractivity contribution is 7.26. The summed E-state index contributed by atoms with van der Waals surface area (Å²) in [6, 6.07) is 63.6. The number of hydrogen-bond acceptors (Lipinski definition) is 4. The lowest BCUT2D eigenvalue weighted by Crippen LogP contribution is -2.61. The second kappa shape index (κ2) is 17.0. The largest absolute Gasteiger partial charge is 0.311 e. The van der Waals surface area contributed by atoms with Gasteiger partial charge in [-0.2, -0.15) is 0 Å². The summed E-state index contributed by atoms with van der Waals surface area (Å²) in [6.07, 6.45) is 0. The average Bonchev–Trinajstić information content (AvgIpc) is 3.71. The Hall–Kier alpha value is -6.56. The van der Waals surface area contributed by atoms with Gasteiger partial charge in [0.2, 0.25) is 0 Å². The molecule has 11 rings (SSSR count). The van der Waals surface area contributed by atoms with Crippen LogP contribution >= 0.6 is 11.3 Å². The van der Waals surface area contributed by atoms with E-state index in [0.29, 0.717) is 0 Å². The van der Waals surface area contributed by atoms with Crippen molar-refractivity contribution in [1.82, 2.24) is 0 Å². The molecule has 3 nitrogen and oxygen atoms in total. The van der Waals surface area contributed by atoms with Crippen LogP contribution in [-0.2, 0) is 27.1 Å². The van der Waals surface area contributed by atoms with Crippen LogP contribution in [0.15, 0.2) is 164 Å². The van der Waals surface area contributed by atoms with Crippen molar-refractivity contribution in [1.29, 1.82) is 0 Å². The zero-order valence-electron chi connectivity index (χ0n) is 45.9. The van der Waals surface area contributed by atoms with E-state index < -0.39 is 0 Å². The molecule has 9 aromatic rings. The predicted octanol–water partition coefficient (Wildman–Crippen LogP) is 18.1. The molecule has 0 saturated heterocycles. The highest BCUT2D eigenvalue weighted by Gasteiger charge is 2.44. The molecule has 73 heavy (non-hydrogen) atoms. The van der Waals surface area contributed by atoms with Gasteiger partial charge in [0, 0.05) is 61.0 Å². The van der Waals surface area contributed by atoms with E-state index in [1.54, 1.807) is 0 Å². The van der Waals surface area contributed by atoms with Gasteiger partial charge in [-0.05, 0) is 150 Å². The maximum absolute atomic E-state index is 2.64. The van der Waals surface area contributed by atoms with E-state index in [0.717, 1.165) is 17.1 Å². The summed E-state index contributed by atoms with van der Waals surface area (Å²) in [5, 5.41) is 2.54. The first kappa shape index (κ1) is 48.7. The van der Waals surface area contributed by atoms with Crippen molar-refractivity contribution < 1.29 is 0 Å². The number of benzene rings is 8. The number of hydrogen-bond donors (Lipinski definition) is 0. The van der Waals surface area contributed by atoms with Crippen molar-refractivity contribution in [3.05, 3.63) is 192 Å². The van der Waals surface area contributed by atoms with Crippen LogP contribution in [0.4, 0.5) is 51.2 Å². The van der Waals surface area contributed by atoms with E-state index in [9.17, 15) is 0 Å². The van der Waals surface area contributed by atoms with Gasteiger partial charge >= 0.3 is 0 Å². The molecule has 0 N–H and O–H groups in total. The second-order valence-electron chi connectivity index (χ2n) is 26.0. The van der Waals surface area contributed by atoms with Gasteiger partial charge in [0.1, 0.15) is 0 Å². The van der Waals surface area contributed by atoms with Gasteiger partial charge in [0.15, 0.2) is 0 Å². The van der Waals surface area contributed by atoms with Crippen LogP contribution < -0.4 is 31.1 Å². The van der Waals surface area contributed by atoms with Crippen LogP contribution in [-0.4, -0.2) is 6.71 Å². The first-order chi connectivity index (χ1) is 34.4. The van der Waals surface area contributed by atoms with Crippen LogP contribution in [0.1, 0.15) is 132 Å². The number of nitrogens with zero attached hydrogens (tertiary/aromatic N) is 3. The second-order valence-corrected chi connectivity index (χ2v) is 27.1. The monoisotopic (exact) mass is 974 g/mol. The Morgan fingerprint density at radius 1 is 0.356 bits per heavy atom. The zero-order chi connectivity index (χ0) is 51.7. The summed E-state index contributed by atoms with van der Waals surface area (Å²) >= 11 is 1.91. The smallest absolute Gasteiger partial charge is 0.252 e. The SMILES string of the molecule is CC(C)(C)c1ccc(N(c2ccc(C(C)(C)C)cc2)c2cc(N3c4ccc(C(C)(C)C)cc4B4c5cc(C(C)(C)C)ccc5N(c5ccc(C(C)(C)C)cc5)c5cccc3c54)c3sc4ccccc4c3c2)cc1. The fourth-order valence-electron chi connectivity index (χ4n) is 11.3. The van der Waals surface area contributed by atoms with Crippen molar-refractivity contribution in [3.63, 3.8) is 0 Å². The third-order valence-corrected chi connectivity index (χ3v) is 16.8. The van der Waals surface area contributed by atoms with Crippen LogP contribution in [0.5, 0.6) is 0 Å². The fraction of sp³-hybridized carbons (Fsp3) is 0.294. The molecule has 3 heterocycles. The third kappa shape index (κ3) is 8.46. The molecule has 0 spiro atoms. The molecular formula is C68H72BN3S. The van der Waals surface area contributed by atoms with E-state index in [4.69, 9.17) is 0 Å². The fourth-order valence-corrected chi connectivity index (χ4v) is 12.5. The molecule has 5 heteroatoms. The van der Waals surface area contributed by atoms with Gasteiger partial charge in [-0.15, -0.1) is 11.3 Å². The van der Waals surface area contributed by atoms with Crippen molar-refractivity contribution in [2.75, 3.05) is 14.7 Å². The Kier molecular flexibility index (Phi) is 11.3. The highest BCUT2D eigenvalue weighted by atomic mass is 32.1. The molecule has 8 aromatic carbocycles. The lowest BCUT2D eigenvalue weighted by molar-refractivity contribution is 0.590. The van der Waals surface area contributed by atoms with Crippen LogP contribution in [0, 0.1) is 0 Å². The van der Waals surface area contributed by atoms with Crippen molar-refractivity contribution in [2.24, 2.45) is 0 Å². The molecular weight excluding hydrogens is 902 g/mol. The van der Waals surface area contributed by atoms with Crippen LogP contribution in [0.3, 0.4) is 0 Å². The standard InChI is InChI=1S/C68H72BN3S/c1-64(2,3)43-23-31-48(32-24-43)70(49-33-25-44(26-34-49)65(4,5)6)51-41-53-52-19-16-17-22-61(52)73-63(53)60(42-51)72-57-38-30-47(68(13,14)15)40-55(57)69-54-39-46(67(10,11)12)29-37-56(54)71(58-20-18-21-59(72)62(58)69)50-35-27-45(28-36-50)66(7,8)9/h16-42H,1-15H3. The molecule has 0 atom stereocenters. The van der Waals surface area contributed by atoms with Gasteiger partial charge in [-0.1, -0.05) is 189 Å². The Bertz CT molecular complexity index is 3530. The summed E-state index contributed by atoms with van der Waals surface area (Å²) in [5.74, 6) is 0. The molecule has 0 radical (unpaired) electrons. The Labute approximate surface area is 440 Å². The minimum Gasteiger partial charge on any atom is -0.311 e. The number of fused-ring (bicyclic) bond motifs is 7. The topological polar surface area (TPSA) is 9.72 Å². The van der Waals surface area contributed by atoms with Gasteiger partial charge in [0.25, 0.3) is 6.71 Å². The lowest BCUT2D eigenvalue weighted by Gasteiger charge is -2.45. The maximum atomic E-state index is 2.64. The minimum absolute atomic E-state index is 0.00221. The van der Waals surface area contributed by atoms with Gasteiger partial charge in [0.05, 0.1) is 10.4 Å². The number of thiophene rings is 1. The summed E-state index contributed by atoms with van der Waals surface area (Å²) < 4.78 is 2.56. The third-order valence-electron chi connectivity index (χ3n) is 15.6. The molecule has 1 aromatic heterocycles. The number of rotatable bonds is 5. The molecule has 0 fully saturated rings. The average molecular weight is 974 g/mol. The van der Waals surface area contributed by atoms with Gasteiger partial charge < -0.3 is 14.7 Å². The highest BCUT2D eigenvalue weighted by Crippen LogP contribution is 2.52. The quantitative estimate of drug-likeness (QED) is 0.159. The first-order valence-electron chi connectivity index (χ1n) is 26.5. The maximum Gasteiger partial charge on any atom is 0.252 e. The summed E-state index contributed by atoms with van der Waals surface area (Å²) in [6.45, 7) is 34.8. The van der Waals surface area contributed by atoms with Crippen LogP contribution in [0.2, 0.25) is 0 Å². The minimum atomic E-state index is -0.0600. The Balaban J connectivity index is 1.23. The molecule has 0 amide bonds. The van der Waals surface area contributed by atoms with E-state index in [1.165, 1.54) is 98.5 Å². The van der Waals surface area contributed by atoms with E-state index >= 15 is 0 Å². The number of anilines is 9. The van der Waals surface area contributed by atoms with E-state index in [-0.39, 0.29) is 33.8 Å². The first-order valence-corrected chi connectivity index (χ1v) is 27.3. The molecule has 0 saturated carbocycles. The van der Waals surface area contributed by atoms with E-state index in [1.807, 2.05) is 11.3 Å². The van der Waals surface area contributed by atoms with Crippen molar-refractivity contribution >= 4 is 106 Å². The molecule has 0 aliphatic carbocycles. The zero-order valence-corrected chi connectivity index (χ0v) is 46.7. The molecule has 2 aliphatic heterocycles.